The lowest BCUT2D eigenvalue weighted by molar-refractivity contribution is -0.116. The molecule has 0 fully saturated rings. The van der Waals surface area contributed by atoms with Gasteiger partial charge in [0.25, 0.3) is 5.91 Å². The first-order chi connectivity index (χ1) is 10.8. The lowest BCUT2D eigenvalue weighted by atomic mass is 10.2. The third-order valence-electron chi connectivity index (χ3n) is 3.22. The number of carbonyl (C=O) groups excluding carboxylic acids is 2. The van der Waals surface area contributed by atoms with Crippen LogP contribution in [0.4, 0.5) is 15.8 Å². The molecule has 2 rings (SSSR count). The number of benzene rings is 2. The van der Waals surface area contributed by atoms with E-state index in [0.717, 1.165) is 6.07 Å². The van der Waals surface area contributed by atoms with Crippen LogP contribution in [0.1, 0.15) is 17.3 Å². The summed E-state index contributed by atoms with van der Waals surface area (Å²) in [6.07, 6.45) is 0. The van der Waals surface area contributed by atoms with Crippen molar-refractivity contribution in [2.45, 2.75) is 6.92 Å². The number of nitrogens with zero attached hydrogens (tertiary/aromatic N) is 1. The minimum atomic E-state index is -0.532. The van der Waals surface area contributed by atoms with Gasteiger partial charge in [0.05, 0.1) is 21.4 Å². The predicted molar refractivity (Wildman–Crippen MR) is 89.9 cm³/mol. The van der Waals surface area contributed by atoms with Crippen molar-refractivity contribution in [3.8, 4) is 0 Å². The average molecular weight is 355 g/mol. The molecule has 0 bridgehead atoms. The first kappa shape index (κ1) is 17.2. The highest BCUT2D eigenvalue weighted by Gasteiger charge is 2.15. The van der Waals surface area contributed by atoms with Crippen molar-refractivity contribution in [2.24, 2.45) is 0 Å². The van der Waals surface area contributed by atoms with Crippen LogP contribution in [0.25, 0.3) is 0 Å². The van der Waals surface area contributed by atoms with Gasteiger partial charge in [0, 0.05) is 19.5 Å². The molecule has 0 unspecified atom stereocenters. The van der Waals surface area contributed by atoms with E-state index in [1.165, 1.54) is 49.2 Å². The Balaban J connectivity index is 2.35. The largest absolute Gasteiger partial charge is 0.320 e. The molecule has 7 heteroatoms. The van der Waals surface area contributed by atoms with Gasteiger partial charge in [-0.2, -0.15) is 0 Å². The summed E-state index contributed by atoms with van der Waals surface area (Å²) in [5.74, 6) is -1.27. The zero-order chi connectivity index (χ0) is 17.1. The minimum absolute atomic E-state index is 0.179. The Hall–Kier alpha value is -2.11. The van der Waals surface area contributed by atoms with Gasteiger partial charge in [-0.15, -0.1) is 0 Å². The summed E-state index contributed by atoms with van der Waals surface area (Å²) in [6.45, 7) is 1.37. The monoisotopic (exact) mass is 354 g/mol. The standard InChI is InChI=1S/C16H13Cl2FN2O2/c1-9(22)21(2)15-6-4-11(19)8-14(15)20-16(23)10-3-5-12(17)13(18)7-10/h3-8H,1-2H3,(H,20,23). The van der Waals surface area contributed by atoms with Gasteiger partial charge in [-0.1, -0.05) is 23.2 Å². The van der Waals surface area contributed by atoms with Gasteiger partial charge >= 0.3 is 0 Å². The van der Waals surface area contributed by atoms with Crippen molar-refractivity contribution >= 4 is 46.4 Å². The lowest BCUT2D eigenvalue weighted by Crippen LogP contribution is -2.25. The number of hydrogen-bond acceptors (Lipinski definition) is 2. The van der Waals surface area contributed by atoms with Crippen molar-refractivity contribution in [2.75, 3.05) is 17.3 Å². The maximum Gasteiger partial charge on any atom is 0.255 e. The van der Waals surface area contributed by atoms with E-state index >= 15 is 0 Å². The maximum atomic E-state index is 13.5. The summed E-state index contributed by atoms with van der Waals surface area (Å²) in [5.41, 5.74) is 0.825. The van der Waals surface area contributed by atoms with Gasteiger partial charge in [0.15, 0.2) is 0 Å². The van der Waals surface area contributed by atoms with Gasteiger partial charge in [0.2, 0.25) is 5.91 Å². The molecule has 1 N–H and O–H groups in total. The second kappa shape index (κ2) is 6.98. The van der Waals surface area contributed by atoms with E-state index in [2.05, 4.69) is 5.32 Å². The molecule has 2 aromatic rings. The van der Waals surface area contributed by atoms with Gasteiger partial charge in [-0.05, 0) is 36.4 Å². The molecule has 0 spiro atoms. The highest BCUT2D eigenvalue weighted by Crippen LogP contribution is 2.28. The molecule has 0 heterocycles. The first-order valence-corrected chi connectivity index (χ1v) is 7.35. The number of anilines is 2. The van der Waals surface area contributed by atoms with Crippen molar-refractivity contribution in [3.63, 3.8) is 0 Å². The van der Waals surface area contributed by atoms with E-state index in [9.17, 15) is 14.0 Å². The Morgan fingerprint density at radius 3 is 2.39 bits per heavy atom. The van der Waals surface area contributed by atoms with Crippen LogP contribution >= 0.6 is 23.2 Å². The number of hydrogen-bond donors (Lipinski definition) is 1. The van der Waals surface area contributed by atoms with Crippen LogP contribution in [0.5, 0.6) is 0 Å². The molecule has 23 heavy (non-hydrogen) atoms. The van der Waals surface area contributed by atoms with Crippen LogP contribution in [0.2, 0.25) is 10.0 Å². The average Bonchev–Trinajstić information content (AvgIpc) is 2.49. The van der Waals surface area contributed by atoms with Crippen molar-refractivity contribution < 1.29 is 14.0 Å². The fourth-order valence-electron chi connectivity index (χ4n) is 1.90. The summed E-state index contributed by atoms with van der Waals surface area (Å²) in [5, 5.41) is 3.14. The Bertz CT molecular complexity index is 781. The molecular formula is C16H13Cl2FN2O2. The molecule has 4 nitrogen and oxygen atoms in total. The smallest absolute Gasteiger partial charge is 0.255 e. The number of carbonyl (C=O) groups is 2. The van der Waals surface area contributed by atoms with Gasteiger partial charge in [-0.3, -0.25) is 9.59 Å². The molecule has 2 aromatic carbocycles. The fraction of sp³-hybridized carbons (Fsp3) is 0.125. The molecule has 0 aliphatic rings. The third kappa shape index (κ3) is 4.00. The van der Waals surface area contributed by atoms with Crippen LogP contribution in [-0.4, -0.2) is 18.9 Å². The van der Waals surface area contributed by atoms with E-state index in [-0.39, 0.29) is 22.2 Å². The molecule has 0 aliphatic carbocycles. The van der Waals surface area contributed by atoms with Crippen LogP contribution in [-0.2, 0) is 4.79 Å². The molecule has 120 valence electrons. The van der Waals surface area contributed by atoms with E-state index in [1.54, 1.807) is 0 Å². The van der Waals surface area contributed by atoms with E-state index in [0.29, 0.717) is 10.7 Å². The van der Waals surface area contributed by atoms with Crippen molar-refractivity contribution in [3.05, 3.63) is 57.8 Å². The highest BCUT2D eigenvalue weighted by atomic mass is 35.5. The second-order valence-corrected chi connectivity index (χ2v) is 5.64. The number of halogens is 3. The van der Waals surface area contributed by atoms with E-state index in [4.69, 9.17) is 23.2 Å². The van der Waals surface area contributed by atoms with Crippen LogP contribution in [0, 0.1) is 5.82 Å². The zero-order valence-corrected chi connectivity index (χ0v) is 13.9. The quantitative estimate of drug-likeness (QED) is 0.889. The number of nitrogens with one attached hydrogen (secondary N) is 1. The minimum Gasteiger partial charge on any atom is -0.320 e. The molecule has 0 saturated carbocycles. The summed E-state index contributed by atoms with van der Waals surface area (Å²) in [7, 11) is 1.53. The molecular weight excluding hydrogens is 342 g/mol. The molecule has 0 saturated heterocycles. The van der Waals surface area contributed by atoms with Crippen LogP contribution < -0.4 is 10.2 Å². The molecule has 0 radical (unpaired) electrons. The third-order valence-corrected chi connectivity index (χ3v) is 3.96. The Morgan fingerprint density at radius 2 is 1.78 bits per heavy atom. The highest BCUT2D eigenvalue weighted by molar-refractivity contribution is 6.42. The van der Waals surface area contributed by atoms with Crippen LogP contribution in [0.15, 0.2) is 36.4 Å². The molecule has 0 atom stereocenters. The first-order valence-electron chi connectivity index (χ1n) is 6.60. The van der Waals surface area contributed by atoms with Gasteiger partial charge in [0.1, 0.15) is 5.82 Å². The Morgan fingerprint density at radius 1 is 1.09 bits per heavy atom. The Labute approximate surface area is 142 Å². The summed E-state index contributed by atoms with van der Waals surface area (Å²) in [6, 6.07) is 8.17. The van der Waals surface area contributed by atoms with Crippen molar-refractivity contribution in [1.82, 2.24) is 0 Å². The normalized spacial score (nSPS) is 10.3. The van der Waals surface area contributed by atoms with Gasteiger partial charge < -0.3 is 10.2 Å². The Kier molecular flexibility index (Phi) is 5.23. The van der Waals surface area contributed by atoms with Gasteiger partial charge in [-0.25, -0.2) is 4.39 Å². The molecule has 0 aliphatic heterocycles. The maximum absolute atomic E-state index is 13.5. The molecule has 2 amide bonds. The van der Waals surface area contributed by atoms with E-state index in [1.807, 2.05) is 0 Å². The second-order valence-electron chi connectivity index (χ2n) is 4.82. The predicted octanol–water partition coefficient (Wildman–Crippen LogP) is 4.37. The SMILES string of the molecule is CC(=O)N(C)c1ccc(F)cc1NC(=O)c1ccc(Cl)c(Cl)c1. The zero-order valence-electron chi connectivity index (χ0n) is 12.4. The van der Waals surface area contributed by atoms with Crippen molar-refractivity contribution in [1.29, 1.82) is 0 Å². The molecule has 0 aromatic heterocycles. The topological polar surface area (TPSA) is 49.4 Å². The lowest BCUT2D eigenvalue weighted by Gasteiger charge is -2.19. The summed E-state index contributed by atoms with van der Waals surface area (Å²) < 4.78 is 13.5. The summed E-state index contributed by atoms with van der Waals surface area (Å²) >= 11 is 11.7. The number of rotatable bonds is 3. The number of amides is 2. The van der Waals surface area contributed by atoms with E-state index < -0.39 is 11.7 Å². The van der Waals surface area contributed by atoms with Crippen LogP contribution in [0.3, 0.4) is 0 Å². The fourth-order valence-corrected chi connectivity index (χ4v) is 2.20. The summed E-state index contributed by atoms with van der Waals surface area (Å²) in [4.78, 5) is 25.1.